The van der Waals surface area contributed by atoms with Gasteiger partial charge in [-0.25, -0.2) is 0 Å². The molecule has 0 bridgehead atoms. The Kier molecular flexibility index (Phi) is 2.12. The molecule has 0 N–H and O–H groups in total. The van der Waals surface area contributed by atoms with Gasteiger partial charge in [-0.05, 0) is 24.1 Å². The maximum absolute atomic E-state index is 5.15. The van der Waals surface area contributed by atoms with Crippen molar-refractivity contribution in [3.8, 4) is 12.3 Å². The van der Waals surface area contributed by atoms with Crippen molar-refractivity contribution in [3.05, 3.63) is 35.4 Å². The highest BCUT2D eigenvalue weighted by Crippen LogP contribution is 2.02. The van der Waals surface area contributed by atoms with Gasteiger partial charge in [-0.1, -0.05) is 18.2 Å². The molecule has 0 atom stereocenters. The van der Waals surface area contributed by atoms with Crippen LogP contribution in [0.4, 0.5) is 0 Å². The summed E-state index contributed by atoms with van der Waals surface area (Å²) in [5.74, 6) is 2.60. The molecule has 0 heteroatoms. The van der Waals surface area contributed by atoms with Gasteiger partial charge < -0.3 is 0 Å². The molecular weight excluding hydrogens is 120 g/mol. The van der Waals surface area contributed by atoms with Gasteiger partial charge in [0.05, 0.1) is 0 Å². The van der Waals surface area contributed by atoms with E-state index in [4.69, 9.17) is 6.42 Å². The number of hydrogen-bond donors (Lipinski definition) is 0. The molecule has 1 aromatic rings. The number of benzene rings is 1. The fourth-order valence-corrected chi connectivity index (χ4v) is 0.876. The molecule has 0 unspecified atom stereocenters. The van der Waals surface area contributed by atoms with Crippen LogP contribution < -0.4 is 0 Å². The van der Waals surface area contributed by atoms with Gasteiger partial charge in [-0.2, -0.15) is 0 Å². The van der Waals surface area contributed by atoms with Gasteiger partial charge >= 0.3 is 0 Å². The van der Waals surface area contributed by atoms with Gasteiger partial charge in [0.25, 0.3) is 0 Å². The summed E-state index contributed by atoms with van der Waals surface area (Å²) in [4.78, 5) is 0. The van der Waals surface area contributed by atoms with Crippen molar-refractivity contribution in [1.82, 2.24) is 0 Å². The van der Waals surface area contributed by atoms with Crippen molar-refractivity contribution in [2.45, 2.75) is 13.3 Å². The fourth-order valence-electron chi connectivity index (χ4n) is 0.876. The molecule has 0 saturated heterocycles. The summed E-state index contributed by atoms with van der Waals surface area (Å²) in [6.07, 6.45) is 5.87. The Balaban J connectivity index is 2.87. The molecule has 1 rings (SSSR count). The second-order valence-electron chi connectivity index (χ2n) is 2.26. The zero-order chi connectivity index (χ0) is 7.40. The summed E-state index contributed by atoms with van der Waals surface area (Å²) in [5.41, 5.74) is 2.34. The van der Waals surface area contributed by atoms with Crippen molar-refractivity contribution in [3.63, 3.8) is 0 Å². The van der Waals surface area contributed by atoms with Crippen LogP contribution in [0.5, 0.6) is 0 Å². The molecule has 0 heterocycles. The van der Waals surface area contributed by atoms with Crippen LogP contribution in [0.3, 0.4) is 0 Å². The smallest absolute Gasteiger partial charge is 0.0337 e. The van der Waals surface area contributed by atoms with E-state index in [1.54, 1.807) is 0 Å². The van der Waals surface area contributed by atoms with Crippen molar-refractivity contribution in [1.29, 1.82) is 0 Å². The SMILES string of the molecule is C#CCc1cc[c]c(C)c1. The fraction of sp³-hybridized carbons (Fsp3) is 0.200. The third-order valence-electron chi connectivity index (χ3n) is 1.32. The first-order valence-corrected chi connectivity index (χ1v) is 3.23. The predicted octanol–water partition coefficient (Wildman–Crippen LogP) is 1.97. The summed E-state index contributed by atoms with van der Waals surface area (Å²) < 4.78 is 0. The zero-order valence-corrected chi connectivity index (χ0v) is 6.02. The quantitative estimate of drug-likeness (QED) is 0.508. The van der Waals surface area contributed by atoms with E-state index in [-0.39, 0.29) is 0 Å². The maximum atomic E-state index is 5.15. The van der Waals surface area contributed by atoms with Crippen molar-refractivity contribution in [2.24, 2.45) is 0 Å². The van der Waals surface area contributed by atoms with Crippen LogP contribution in [0.15, 0.2) is 18.2 Å². The average Bonchev–Trinajstić information content (AvgIpc) is 1.88. The Morgan fingerprint density at radius 1 is 1.70 bits per heavy atom. The Morgan fingerprint density at radius 2 is 2.50 bits per heavy atom. The lowest BCUT2D eigenvalue weighted by Gasteiger charge is -1.94. The minimum atomic E-state index is 0.718. The largest absolute Gasteiger partial charge is 0.120 e. The molecule has 0 nitrogen and oxygen atoms in total. The Bertz CT molecular complexity index is 253. The van der Waals surface area contributed by atoms with Crippen LogP contribution in [-0.4, -0.2) is 0 Å². The summed E-state index contributed by atoms with van der Waals surface area (Å²) in [6.45, 7) is 2.01. The molecule has 0 aliphatic carbocycles. The Morgan fingerprint density at radius 3 is 3.10 bits per heavy atom. The monoisotopic (exact) mass is 129 g/mol. The van der Waals surface area contributed by atoms with E-state index in [1.165, 1.54) is 5.56 Å². The van der Waals surface area contributed by atoms with Crippen LogP contribution >= 0.6 is 0 Å². The third-order valence-corrected chi connectivity index (χ3v) is 1.32. The van der Waals surface area contributed by atoms with Gasteiger partial charge in [0.15, 0.2) is 0 Å². The average molecular weight is 129 g/mol. The van der Waals surface area contributed by atoms with Crippen LogP contribution in [0.25, 0.3) is 0 Å². The van der Waals surface area contributed by atoms with E-state index in [0.717, 1.165) is 12.0 Å². The normalized spacial score (nSPS) is 8.80. The lowest BCUT2D eigenvalue weighted by Crippen LogP contribution is -1.81. The van der Waals surface area contributed by atoms with Gasteiger partial charge in [0, 0.05) is 6.42 Å². The Labute approximate surface area is 61.9 Å². The summed E-state index contributed by atoms with van der Waals surface area (Å²) in [7, 11) is 0. The first-order valence-electron chi connectivity index (χ1n) is 3.23. The van der Waals surface area contributed by atoms with Gasteiger partial charge in [-0.3, -0.25) is 0 Å². The molecular formula is C10H9. The van der Waals surface area contributed by atoms with Gasteiger partial charge in [0.1, 0.15) is 0 Å². The van der Waals surface area contributed by atoms with E-state index in [1.807, 2.05) is 19.1 Å². The molecule has 0 amide bonds. The highest BCUT2D eigenvalue weighted by atomic mass is 13.9. The lowest BCUT2D eigenvalue weighted by atomic mass is 10.1. The molecule has 0 aliphatic heterocycles. The number of rotatable bonds is 1. The van der Waals surface area contributed by atoms with Crippen molar-refractivity contribution in [2.75, 3.05) is 0 Å². The van der Waals surface area contributed by atoms with E-state index in [2.05, 4.69) is 18.1 Å². The molecule has 0 fully saturated rings. The number of hydrogen-bond acceptors (Lipinski definition) is 0. The standard InChI is InChI=1S/C10H9/c1-3-5-10-7-4-6-9(2)8-10/h1,4,7-8H,5H2,2H3. The second-order valence-corrected chi connectivity index (χ2v) is 2.26. The number of terminal acetylenes is 1. The second kappa shape index (κ2) is 3.08. The molecule has 1 aromatic carbocycles. The van der Waals surface area contributed by atoms with Crippen LogP contribution in [0.2, 0.25) is 0 Å². The molecule has 0 saturated carbocycles. The molecule has 0 aromatic heterocycles. The van der Waals surface area contributed by atoms with E-state index < -0.39 is 0 Å². The molecule has 0 aliphatic rings. The summed E-state index contributed by atoms with van der Waals surface area (Å²) in [6, 6.07) is 9.01. The summed E-state index contributed by atoms with van der Waals surface area (Å²) in [5, 5.41) is 0. The Hall–Kier alpha value is -1.22. The minimum Gasteiger partial charge on any atom is -0.120 e. The van der Waals surface area contributed by atoms with Crippen LogP contribution in [0, 0.1) is 25.3 Å². The molecule has 0 spiro atoms. The van der Waals surface area contributed by atoms with Gasteiger partial charge in [-0.15, -0.1) is 12.3 Å². The van der Waals surface area contributed by atoms with Crippen molar-refractivity contribution < 1.29 is 0 Å². The maximum Gasteiger partial charge on any atom is 0.0337 e. The van der Waals surface area contributed by atoms with E-state index in [9.17, 15) is 0 Å². The van der Waals surface area contributed by atoms with Crippen LogP contribution in [0.1, 0.15) is 11.1 Å². The lowest BCUT2D eigenvalue weighted by molar-refractivity contribution is 1.29. The van der Waals surface area contributed by atoms with Crippen LogP contribution in [-0.2, 0) is 6.42 Å². The topological polar surface area (TPSA) is 0 Å². The van der Waals surface area contributed by atoms with Gasteiger partial charge in [0.2, 0.25) is 0 Å². The third kappa shape index (κ3) is 1.63. The number of aryl methyl sites for hydroxylation is 1. The van der Waals surface area contributed by atoms with Crippen molar-refractivity contribution >= 4 is 0 Å². The minimum absolute atomic E-state index is 0.718. The highest BCUT2D eigenvalue weighted by molar-refractivity contribution is 5.24. The highest BCUT2D eigenvalue weighted by Gasteiger charge is 1.88. The first-order chi connectivity index (χ1) is 4.83. The van der Waals surface area contributed by atoms with E-state index in [0.29, 0.717) is 0 Å². The predicted molar refractivity (Wildman–Crippen MR) is 42.6 cm³/mol. The molecule has 10 heavy (non-hydrogen) atoms. The van der Waals surface area contributed by atoms with E-state index >= 15 is 0 Å². The zero-order valence-electron chi connectivity index (χ0n) is 6.02. The molecule has 49 valence electrons. The summed E-state index contributed by atoms with van der Waals surface area (Å²) >= 11 is 0. The molecule has 1 radical (unpaired) electrons. The first kappa shape index (κ1) is 6.89.